The minimum Gasteiger partial charge on any atom is -0.497 e. The third kappa shape index (κ3) is 5.38. The SMILES string of the molecule is COc1ccc(CCN(Cc2cccc3cnccc23)CC2CCN(C)CC2)cc1. The zero-order chi connectivity index (χ0) is 20.8. The summed E-state index contributed by atoms with van der Waals surface area (Å²) in [6.07, 6.45) is 7.54. The molecule has 0 atom stereocenters. The van der Waals surface area contributed by atoms with Crippen LogP contribution in [0, 0.1) is 5.92 Å². The van der Waals surface area contributed by atoms with Crippen molar-refractivity contribution < 1.29 is 4.74 Å². The second kappa shape index (κ2) is 10.1. The standard InChI is InChI=1S/C26H33N3O/c1-28-15-11-22(12-16-28)19-29(17-13-21-6-8-25(30-2)9-7-21)20-24-5-3-4-23-18-27-14-10-26(23)24/h3-10,14,18,22H,11-13,15-17,19-20H2,1-2H3. The minimum absolute atomic E-state index is 0.786. The average molecular weight is 404 g/mol. The summed E-state index contributed by atoms with van der Waals surface area (Å²) in [5, 5.41) is 2.55. The third-order valence-electron chi connectivity index (χ3n) is 6.40. The Hall–Kier alpha value is -2.43. The molecule has 0 amide bonds. The molecule has 4 nitrogen and oxygen atoms in total. The largest absolute Gasteiger partial charge is 0.497 e. The zero-order valence-electron chi connectivity index (χ0n) is 18.3. The van der Waals surface area contributed by atoms with E-state index in [0.717, 1.165) is 31.2 Å². The van der Waals surface area contributed by atoms with Gasteiger partial charge in [0.15, 0.2) is 0 Å². The number of benzene rings is 2. The molecule has 0 N–H and O–H groups in total. The van der Waals surface area contributed by atoms with E-state index in [4.69, 9.17) is 4.74 Å². The van der Waals surface area contributed by atoms with Gasteiger partial charge in [0, 0.05) is 37.4 Å². The molecular formula is C26H33N3O. The smallest absolute Gasteiger partial charge is 0.118 e. The lowest BCUT2D eigenvalue weighted by molar-refractivity contribution is 0.157. The number of ether oxygens (including phenoxy) is 1. The minimum atomic E-state index is 0.786. The summed E-state index contributed by atoms with van der Waals surface area (Å²) in [7, 11) is 3.96. The lowest BCUT2D eigenvalue weighted by Crippen LogP contribution is -2.37. The van der Waals surface area contributed by atoms with E-state index < -0.39 is 0 Å². The van der Waals surface area contributed by atoms with Crippen LogP contribution in [-0.4, -0.2) is 55.1 Å². The maximum atomic E-state index is 5.30. The van der Waals surface area contributed by atoms with E-state index in [0.29, 0.717) is 0 Å². The molecule has 0 unspecified atom stereocenters. The van der Waals surface area contributed by atoms with Crippen molar-refractivity contribution in [3.05, 3.63) is 72.1 Å². The Morgan fingerprint density at radius 3 is 2.63 bits per heavy atom. The van der Waals surface area contributed by atoms with Crippen molar-refractivity contribution in [1.82, 2.24) is 14.8 Å². The van der Waals surface area contributed by atoms with Crippen LogP contribution < -0.4 is 4.74 Å². The van der Waals surface area contributed by atoms with Crippen molar-refractivity contribution in [2.75, 3.05) is 40.3 Å². The Labute approximate surface area is 180 Å². The lowest BCUT2D eigenvalue weighted by atomic mass is 9.96. The molecule has 0 bridgehead atoms. The summed E-state index contributed by atoms with van der Waals surface area (Å²) in [6.45, 7) is 5.67. The molecule has 1 saturated heterocycles. The first-order chi connectivity index (χ1) is 14.7. The molecule has 2 aromatic carbocycles. The lowest BCUT2D eigenvalue weighted by Gasteiger charge is -2.33. The second-order valence-electron chi connectivity index (χ2n) is 8.59. The Balaban J connectivity index is 1.48. The van der Waals surface area contributed by atoms with Crippen molar-refractivity contribution >= 4 is 10.8 Å². The quantitative estimate of drug-likeness (QED) is 0.548. The Kier molecular flexibility index (Phi) is 6.98. The van der Waals surface area contributed by atoms with Crippen molar-refractivity contribution in [3.8, 4) is 5.75 Å². The van der Waals surface area contributed by atoms with Gasteiger partial charge >= 0.3 is 0 Å². The highest BCUT2D eigenvalue weighted by Crippen LogP contribution is 2.23. The monoisotopic (exact) mass is 403 g/mol. The van der Waals surface area contributed by atoms with Gasteiger partial charge in [-0.3, -0.25) is 9.88 Å². The number of pyridine rings is 1. The zero-order valence-corrected chi connectivity index (χ0v) is 18.3. The highest BCUT2D eigenvalue weighted by atomic mass is 16.5. The summed E-state index contributed by atoms with van der Waals surface area (Å²) in [5.41, 5.74) is 2.77. The van der Waals surface area contributed by atoms with E-state index in [-0.39, 0.29) is 0 Å². The first-order valence-electron chi connectivity index (χ1n) is 11.1. The van der Waals surface area contributed by atoms with Gasteiger partial charge in [-0.25, -0.2) is 0 Å². The molecule has 4 heteroatoms. The van der Waals surface area contributed by atoms with Gasteiger partial charge in [-0.1, -0.05) is 30.3 Å². The number of nitrogens with zero attached hydrogens (tertiary/aromatic N) is 3. The van der Waals surface area contributed by atoms with Gasteiger partial charge in [-0.2, -0.15) is 0 Å². The first kappa shape index (κ1) is 20.8. The number of piperidine rings is 1. The van der Waals surface area contributed by atoms with E-state index in [1.807, 2.05) is 12.4 Å². The maximum absolute atomic E-state index is 5.30. The highest BCUT2D eigenvalue weighted by molar-refractivity contribution is 5.84. The molecule has 4 rings (SSSR count). The number of rotatable bonds is 8. The van der Waals surface area contributed by atoms with Crippen LogP contribution in [0.4, 0.5) is 0 Å². The number of fused-ring (bicyclic) bond motifs is 1. The van der Waals surface area contributed by atoms with Crippen LogP contribution >= 0.6 is 0 Å². The maximum Gasteiger partial charge on any atom is 0.118 e. The summed E-state index contributed by atoms with van der Waals surface area (Å²) in [5.74, 6) is 1.71. The van der Waals surface area contributed by atoms with Crippen LogP contribution in [0.1, 0.15) is 24.0 Å². The third-order valence-corrected chi connectivity index (χ3v) is 6.40. The summed E-state index contributed by atoms with van der Waals surface area (Å²) in [6, 6.07) is 17.3. The Morgan fingerprint density at radius 1 is 1.07 bits per heavy atom. The molecule has 0 saturated carbocycles. The highest BCUT2D eigenvalue weighted by Gasteiger charge is 2.20. The molecule has 1 aliphatic rings. The normalized spacial score (nSPS) is 15.7. The van der Waals surface area contributed by atoms with E-state index in [1.165, 1.54) is 54.4 Å². The average Bonchev–Trinajstić information content (AvgIpc) is 2.79. The predicted molar refractivity (Wildman–Crippen MR) is 124 cm³/mol. The van der Waals surface area contributed by atoms with Crippen LogP contribution in [0.15, 0.2) is 60.9 Å². The molecule has 0 aliphatic carbocycles. The van der Waals surface area contributed by atoms with Crippen LogP contribution in [0.2, 0.25) is 0 Å². The molecule has 1 fully saturated rings. The molecule has 0 radical (unpaired) electrons. The number of hydrogen-bond donors (Lipinski definition) is 0. The van der Waals surface area contributed by atoms with E-state index in [2.05, 4.69) is 70.4 Å². The Bertz CT molecular complexity index is 927. The van der Waals surface area contributed by atoms with Gasteiger partial charge in [0.05, 0.1) is 7.11 Å². The van der Waals surface area contributed by atoms with E-state index in [9.17, 15) is 0 Å². The molecule has 3 aromatic rings. The molecule has 2 heterocycles. The molecule has 158 valence electrons. The fourth-order valence-corrected chi connectivity index (χ4v) is 4.49. The van der Waals surface area contributed by atoms with Gasteiger partial charge in [0.1, 0.15) is 5.75 Å². The number of likely N-dealkylation sites (tertiary alicyclic amines) is 1. The summed E-state index contributed by atoms with van der Waals surface area (Å²) < 4.78 is 5.30. The summed E-state index contributed by atoms with van der Waals surface area (Å²) in [4.78, 5) is 9.41. The van der Waals surface area contributed by atoms with Crippen molar-refractivity contribution in [1.29, 1.82) is 0 Å². The van der Waals surface area contributed by atoms with Crippen LogP contribution in [0.25, 0.3) is 10.8 Å². The van der Waals surface area contributed by atoms with Crippen LogP contribution in [-0.2, 0) is 13.0 Å². The molecule has 1 aromatic heterocycles. The topological polar surface area (TPSA) is 28.6 Å². The first-order valence-corrected chi connectivity index (χ1v) is 11.1. The molecular weight excluding hydrogens is 370 g/mol. The number of methoxy groups -OCH3 is 1. The Morgan fingerprint density at radius 2 is 1.87 bits per heavy atom. The van der Waals surface area contributed by atoms with Gasteiger partial charge in [0.2, 0.25) is 0 Å². The van der Waals surface area contributed by atoms with Crippen molar-refractivity contribution in [2.45, 2.75) is 25.8 Å². The van der Waals surface area contributed by atoms with Crippen LogP contribution in [0.3, 0.4) is 0 Å². The predicted octanol–water partition coefficient (Wildman–Crippen LogP) is 4.63. The number of aromatic nitrogens is 1. The van der Waals surface area contributed by atoms with Gasteiger partial charge in [-0.05, 0) is 80.0 Å². The number of hydrogen-bond acceptors (Lipinski definition) is 4. The van der Waals surface area contributed by atoms with Gasteiger partial charge in [0.25, 0.3) is 0 Å². The molecule has 1 aliphatic heterocycles. The molecule has 30 heavy (non-hydrogen) atoms. The second-order valence-corrected chi connectivity index (χ2v) is 8.59. The van der Waals surface area contributed by atoms with Gasteiger partial charge < -0.3 is 9.64 Å². The molecule has 0 spiro atoms. The van der Waals surface area contributed by atoms with Crippen LogP contribution in [0.5, 0.6) is 5.75 Å². The van der Waals surface area contributed by atoms with Crippen molar-refractivity contribution in [3.63, 3.8) is 0 Å². The fourth-order valence-electron chi connectivity index (χ4n) is 4.49. The van der Waals surface area contributed by atoms with E-state index >= 15 is 0 Å². The van der Waals surface area contributed by atoms with Gasteiger partial charge in [-0.15, -0.1) is 0 Å². The van der Waals surface area contributed by atoms with E-state index in [1.54, 1.807) is 7.11 Å². The summed E-state index contributed by atoms with van der Waals surface area (Å²) >= 11 is 0. The fraction of sp³-hybridized carbons (Fsp3) is 0.423. The van der Waals surface area contributed by atoms with Crippen molar-refractivity contribution in [2.24, 2.45) is 5.92 Å².